The van der Waals surface area contributed by atoms with Crippen LogP contribution in [-0.2, 0) is 9.59 Å². The minimum atomic E-state index is -1.44. The average molecular weight is 474 g/mol. The maximum atomic E-state index is 9.47. The maximum absolute atomic E-state index is 9.47. The number of aromatic nitrogens is 4. The van der Waals surface area contributed by atoms with E-state index >= 15 is 0 Å². The van der Waals surface area contributed by atoms with E-state index in [4.69, 9.17) is 20.2 Å². The van der Waals surface area contributed by atoms with Crippen molar-refractivity contribution >= 4 is 46.2 Å². The van der Waals surface area contributed by atoms with Crippen LogP contribution in [0, 0.1) is 11.8 Å². The molecule has 0 radical (unpaired) electrons. The molecule has 0 unspecified atom stereocenters. The van der Waals surface area contributed by atoms with Crippen molar-refractivity contribution in [1.82, 2.24) is 19.9 Å². The van der Waals surface area contributed by atoms with Gasteiger partial charge >= 0.3 is 11.9 Å². The smallest absolute Gasteiger partial charge is 0.382 e. The zero-order chi connectivity index (χ0) is 25.1. The molecule has 2 aliphatic heterocycles. The van der Waals surface area contributed by atoms with Crippen LogP contribution in [0.2, 0.25) is 0 Å². The van der Waals surface area contributed by atoms with Crippen LogP contribution in [0.1, 0.15) is 11.4 Å². The third-order valence-corrected chi connectivity index (χ3v) is 5.33. The highest BCUT2D eigenvalue weighted by Gasteiger charge is 2.15. The minimum Gasteiger partial charge on any atom is -0.472 e. The molecular formula is C28H18N4O4. The molecule has 5 heterocycles. The number of hydrogen-bond acceptors (Lipinski definition) is 4. The second kappa shape index (κ2) is 9.44. The first-order valence-corrected chi connectivity index (χ1v) is 10.9. The molecule has 4 aromatic rings. The molecule has 2 aliphatic rings. The van der Waals surface area contributed by atoms with Crippen LogP contribution >= 0.6 is 0 Å². The van der Waals surface area contributed by atoms with Crippen molar-refractivity contribution in [2.45, 2.75) is 0 Å². The molecule has 0 aliphatic carbocycles. The molecule has 174 valence electrons. The van der Waals surface area contributed by atoms with Gasteiger partial charge in [0.2, 0.25) is 0 Å². The standard InChI is InChI=1S/C24H16N4.C4H2O4/c1-2-4-22-21(3-1)23-13-19-9-7-17(26-19)11-15-5-6-16(25-15)12-18-8-10-20(27-18)14-24(22)28-23;5-3(6)1-2-4(7)8/h1-14,25-26H;(H,5,6)(H,7,8). The molecule has 8 nitrogen and oxygen atoms in total. The summed E-state index contributed by atoms with van der Waals surface area (Å²) in [5.74, 6) is -0.0511. The van der Waals surface area contributed by atoms with Crippen LogP contribution in [-0.4, -0.2) is 42.1 Å². The summed E-state index contributed by atoms with van der Waals surface area (Å²) in [6, 6.07) is 24.9. The molecular weight excluding hydrogens is 456 g/mol. The van der Waals surface area contributed by atoms with Crippen molar-refractivity contribution < 1.29 is 19.8 Å². The summed E-state index contributed by atoms with van der Waals surface area (Å²) < 4.78 is 0. The number of carbonyl (C=O) groups is 2. The third kappa shape index (κ3) is 5.05. The van der Waals surface area contributed by atoms with Gasteiger partial charge < -0.3 is 20.2 Å². The van der Waals surface area contributed by atoms with E-state index in [1.165, 1.54) is 11.8 Å². The van der Waals surface area contributed by atoms with Gasteiger partial charge in [0.1, 0.15) is 0 Å². The lowest BCUT2D eigenvalue weighted by Crippen LogP contribution is -1.92. The predicted octanol–water partition coefficient (Wildman–Crippen LogP) is 4.98. The Kier molecular flexibility index (Phi) is 5.87. The Labute approximate surface area is 204 Å². The second-order valence-electron chi connectivity index (χ2n) is 7.90. The lowest BCUT2D eigenvalue weighted by atomic mass is 10.0. The summed E-state index contributed by atoms with van der Waals surface area (Å²) in [5.41, 5.74) is 10.2. The normalized spacial score (nSPS) is 10.9. The van der Waals surface area contributed by atoms with Gasteiger partial charge in [0.15, 0.2) is 0 Å². The summed E-state index contributed by atoms with van der Waals surface area (Å²) in [6.45, 7) is 0. The Morgan fingerprint density at radius 1 is 0.611 bits per heavy atom. The number of H-pyrrole nitrogens is 2. The van der Waals surface area contributed by atoms with E-state index in [0.717, 1.165) is 56.0 Å². The average Bonchev–Trinajstić information content (AvgIpc) is 3.64. The number of aromatic amines is 2. The minimum absolute atomic E-state index is 0.911. The number of rotatable bonds is 0. The molecule has 0 atom stereocenters. The number of fused-ring (bicyclic) bond motifs is 11. The molecule has 36 heavy (non-hydrogen) atoms. The molecule has 8 bridgehead atoms. The van der Waals surface area contributed by atoms with Gasteiger partial charge in [0.25, 0.3) is 0 Å². The van der Waals surface area contributed by atoms with E-state index in [2.05, 4.69) is 82.8 Å². The van der Waals surface area contributed by atoms with E-state index < -0.39 is 11.9 Å². The van der Waals surface area contributed by atoms with Crippen molar-refractivity contribution in [3.63, 3.8) is 0 Å². The molecule has 0 saturated carbocycles. The molecule has 1 aromatic carbocycles. The Hall–Kier alpha value is -5.42. The van der Waals surface area contributed by atoms with Crippen molar-refractivity contribution in [1.29, 1.82) is 0 Å². The predicted molar refractivity (Wildman–Crippen MR) is 137 cm³/mol. The van der Waals surface area contributed by atoms with Crippen molar-refractivity contribution in [3.05, 3.63) is 84.2 Å². The van der Waals surface area contributed by atoms with Crippen LogP contribution in [0.3, 0.4) is 0 Å². The Morgan fingerprint density at radius 2 is 1.08 bits per heavy atom. The molecule has 3 aromatic heterocycles. The number of nitrogens with one attached hydrogen (secondary N) is 2. The summed E-state index contributed by atoms with van der Waals surface area (Å²) in [6.07, 6.45) is 4.06. The molecule has 0 saturated heterocycles. The van der Waals surface area contributed by atoms with Gasteiger partial charge in [0, 0.05) is 45.0 Å². The fourth-order valence-electron chi connectivity index (χ4n) is 3.87. The summed E-state index contributed by atoms with van der Waals surface area (Å²) in [7, 11) is 0. The first-order chi connectivity index (χ1) is 17.4. The summed E-state index contributed by atoms with van der Waals surface area (Å²) in [5, 5.41) is 15.5. The number of carboxylic acids is 2. The quantitative estimate of drug-likeness (QED) is 0.230. The van der Waals surface area contributed by atoms with Crippen molar-refractivity contribution in [3.8, 4) is 34.4 Å². The van der Waals surface area contributed by atoms with Crippen LogP contribution < -0.4 is 0 Å². The molecule has 4 N–H and O–H groups in total. The van der Waals surface area contributed by atoms with Crippen molar-refractivity contribution in [2.24, 2.45) is 0 Å². The first-order valence-electron chi connectivity index (χ1n) is 10.9. The molecule has 0 amide bonds. The van der Waals surface area contributed by atoms with Gasteiger partial charge in [-0.25, -0.2) is 19.6 Å². The van der Waals surface area contributed by atoms with Gasteiger partial charge in [0.05, 0.1) is 22.8 Å². The largest absolute Gasteiger partial charge is 0.472 e. The van der Waals surface area contributed by atoms with Gasteiger partial charge in [-0.3, -0.25) is 0 Å². The Morgan fingerprint density at radius 3 is 1.64 bits per heavy atom. The monoisotopic (exact) mass is 474 g/mol. The number of carboxylic acid groups (broad SMARTS) is 2. The highest BCUT2D eigenvalue weighted by atomic mass is 16.4. The topological polar surface area (TPSA) is 132 Å². The number of aliphatic carboxylic acids is 2. The fourth-order valence-corrected chi connectivity index (χ4v) is 3.87. The van der Waals surface area contributed by atoms with Crippen LogP contribution in [0.4, 0.5) is 0 Å². The molecule has 8 heteroatoms. The zero-order valence-electron chi connectivity index (χ0n) is 18.7. The molecule has 0 spiro atoms. The SMILES string of the molecule is C1=Cc2cc3ccc(cc4ccc(cc5nc(cc1n2)-c1ccccc1-5)[nH]4)[nH]3.O=C(O)C#CC(=O)O. The number of hydrogen-bond donors (Lipinski definition) is 4. The Balaban J connectivity index is 0.000000292. The van der Waals surface area contributed by atoms with Crippen LogP contribution in [0.15, 0.2) is 72.8 Å². The van der Waals surface area contributed by atoms with E-state index in [-0.39, 0.29) is 0 Å². The van der Waals surface area contributed by atoms with Gasteiger partial charge in [-0.15, -0.1) is 0 Å². The maximum Gasteiger partial charge on any atom is 0.382 e. The lowest BCUT2D eigenvalue weighted by molar-refractivity contribution is -0.132. The summed E-state index contributed by atoms with van der Waals surface area (Å²) in [4.78, 5) is 35.4. The highest BCUT2D eigenvalue weighted by molar-refractivity contribution is 5.96. The van der Waals surface area contributed by atoms with Gasteiger partial charge in [-0.2, -0.15) is 0 Å². The van der Waals surface area contributed by atoms with E-state index in [9.17, 15) is 9.59 Å². The number of benzene rings is 1. The summed E-state index contributed by atoms with van der Waals surface area (Å²) >= 11 is 0. The van der Waals surface area contributed by atoms with Crippen molar-refractivity contribution in [2.75, 3.05) is 0 Å². The fraction of sp³-hybridized carbons (Fsp3) is 0. The van der Waals surface area contributed by atoms with Crippen LogP contribution in [0.25, 0.3) is 56.7 Å². The highest BCUT2D eigenvalue weighted by Crippen LogP contribution is 2.35. The second-order valence-corrected chi connectivity index (χ2v) is 7.90. The first kappa shape index (κ1) is 22.4. The van der Waals surface area contributed by atoms with Gasteiger partial charge in [-0.1, -0.05) is 24.3 Å². The van der Waals surface area contributed by atoms with Gasteiger partial charge in [-0.05, 0) is 60.7 Å². The molecule has 0 fully saturated rings. The third-order valence-electron chi connectivity index (χ3n) is 5.33. The Bertz CT molecular complexity index is 1750. The van der Waals surface area contributed by atoms with E-state index in [1.54, 1.807) is 0 Å². The van der Waals surface area contributed by atoms with E-state index in [0.29, 0.717) is 0 Å². The zero-order valence-corrected chi connectivity index (χ0v) is 18.7. The molecule has 6 rings (SSSR count). The lowest BCUT2D eigenvalue weighted by Gasteiger charge is -1.97. The number of nitrogens with zero attached hydrogens (tertiary/aromatic N) is 2. The van der Waals surface area contributed by atoms with Crippen LogP contribution in [0.5, 0.6) is 0 Å². The van der Waals surface area contributed by atoms with E-state index in [1.807, 2.05) is 12.2 Å².